The summed E-state index contributed by atoms with van der Waals surface area (Å²) in [4.78, 5) is 55.2. The van der Waals surface area contributed by atoms with Gasteiger partial charge in [-0.15, -0.1) is 11.3 Å². The van der Waals surface area contributed by atoms with E-state index in [9.17, 15) is 19.2 Å². The number of anilines is 1. The molecule has 0 spiro atoms. The second-order valence-corrected chi connectivity index (χ2v) is 9.41. The van der Waals surface area contributed by atoms with Crippen molar-refractivity contribution in [2.45, 2.75) is 53.0 Å². The predicted octanol–water partition coefficient (Wildman–Crippen LogP) is 3.61. The zero-order valence-corrected chi connectivity index (χ0v) is 20.1. The first-order chi connectivity index (χ1) is 16.2. The van der Waals surface area contributed by atoms with Gasteiger partial charge in [0.1, 0.15) is 15.5 Å². The molecule has 34 heavy (non-hydrogen) atoms. The number of aromatic nitrogens is 2. The van der Waals surface area contributed by atoms with Crippen LogP contribution in [0.25, 0.3) is 10.2 Å². The monoisotopic (exact) mass is 482 g/mol. The fraction of sp³-hybridized carbons (Fsp3) is 0.375. The van der Waals surface area contributed by atoms with Crippen LogP contribution < -0.4 is 16.2 Å². The summed E-state index contributed by atoms with van der Waals surface area (Å²) in [6, 6.07) is 4.66. The van der Waals surface area contributed by atoms with Crippen molar-refractivity contribution in [3.05, 3.63) is 55.9 Å². The van der Waals surface area contributed by atoms with Crippen LogP contribution in [0.4, 0.5) is 10.5 Å². The number of fused-ring (bicyclic) bond motifs is 2. The number of hydrogen-bond acceptors (Lipinski definition) is 7. The van der Waals surface area contributed by atoms with Gasteiger partial charge in [-0.1, -0.05) is 12.5 Å². The van der Waals surface area contributed by atoms with Crippen LogP contribution in [-0.4, -0.2) is 34.1 Å². The van der Waals surface area contributed by atoms with E-state index in [1.165, 1.54) is 0 Å². The number of hydrogen-bond donors (Lipinski definition) is 2. The third-order valence-electron chi connectivity index (χ3n) is 5.95. The molecule has 1 aromatic carbocycles. The number of nitrogens with one attached hydrogen (secondary N) is 2. The average molecular weight is 483 g/mol. The Kier molecular flexibility index (Phi) is 6.78. The maximum atomic E-state index is 13.0. The first-order valence-electron chi connectivity index (χ1n) is 11.1. The van der Waals surface area contributed by atoms with Gasteiger partial charge < -0.3 is 10.1 Å². The molecule has 3 aromatic rings. The third-order valence-corrected chi connectivity index (χ3v) is 7.11. The molecular weight excluding hydrogens is 456 g/mol. The molecule has 3 amide bonds. The number of esters is 1. The van der Waals surface area contributed by atoms with Gasteiger partial charge >= 0.3 is 12.0 Å². The maximum Gasteiger partial charge on any atom is 0.349 e. The van der Waals surface area contributed by atoms with E-state index < -0.39 is 24.5 Å². The molecule has 2 N–H and O–H groups in total. The van der Waals surface area contributed by atoms with Crippen molar-refractivity contribution in [3.63, 3.8) is 0 Å². The van der Waals surface area contributed by atoms with Crippen LogP contribution in [-0.2, 0) is 22.5 Å². The largest absolute Gasteiger partial charge is 0.451 e. The highest BCUT2D eigenvalue weighted by molar-refractivity contribution is 7.20. The molecule has 0 bridgehead atoms. The summed E-state index contributed by atoms with van der Waals surface area (Å²) < 4.78 is 6.81. The maximum absolute atomic E-state index is 13.0. The highest BCUT2D eigenvalue weighted by Gasteiger charge is 2.23. The normalized spacial score (nSPS) is 13.1. The molecule has 4 rings (SSSR count). The summed E-state index contributed by atoms with van der Waals surface area (Å²) in [7, 11) is 0. The second kappa shape index (κ2) is 9.76. The van der Waals surface area contributed by atoms with Crippen molar-refractivity contribution in [2.24, 2.45) is 0 Å². The fourth-order valence-electron chi connectivity index (χ4n) is 3.95. The number of carbonyl (C=O) groups is 3. The summed E-state index contributed by atoms with van der Waals surface area (Å²) in [6.07, 6.45) is 3.68. The summed E-state index contributed by atoms with van der Waals surface area (Å²) in [5, 5.41) is 5.12. The van der Waals surface area contributed by atoms with Crippen molar-refractivity contribution < 1.29 is 19.1 Å². The average Bonchev–Trinajstić information content (AvgIpc) is 2.95. The van der Waals surface area contributed by atoms with Crippen LogP contribution >= 0.6 is 11.3 Å². The minimum atomic E-state index is -0.765. The number of nitrogens with zero attached hydrogens (tertiary/aromatic N) is 2. The summed E-state index contributed by atoms with van der Waals surface area (Å²) >= 11 is 1.09. The number of urea groups is 1. The van der Waals surface area contributed by atoms with Gasteiger partial charge in [-0.3, -0.25) is 19.5 Å². The zero-order chi connectivity index (χ0) is 24.4. The summed E-state index contributed by atoms with van der Waals surface area (Å²) in [6.45, 7) is 5.54. The standard InChI is InChI=1S/C24H26N4O5S/c1-13-8-9-16(11-14(13)2)25-24(32)27-18(29)12-33-23(31)20-15(3)19-21(34-20)26-17-7-5-4-6-10-28(17)22(19)30/h8-9,11H,4-7,10,12H2,1-3H3,(H2,25,27,29,32). The quantitative estimate of drug-likeness (QED) is 0.548. The number of rotatable bonds is 4. The molecule has 3 heterocycles. The molecule has 0 fully saturated rings. The Morgan fingerprint density at radius 2 is 1.91 bits per heavy atom. The smallest absolute Gasteiger partial charge is 0.349 e. The molecular formula is C24H26N4O5S. The lowest BCUT2D eigenvalue weighted by atomic mass is 10.1. The van der Waals surface area contributed by atoms with Crippen LogP contribution in [0.3, 0.4) is 0 Å². The fourth-order valence-corrected chi connectivity index (χ4v) is 5.03. The van der Waals surface area contributed by atoms with Crippen molar-refractivity contribution in [1.82, 2.24) is 14.9 Å². The van der Waals surface area contributed by atoms with E-state index in [0.29, 0.717) is 28.0 Å². The summed E-state index contributed by atoms with van der Waals surface area (Å²) in [5.74, 6) is -0.756. The number of carbonyl (C=O) groups excluding carboxylic acids is 3. The van der Waals surface area contributed by atoms with Crippen LogP contribution in [0.15, 0.2) is 23.0 Å². The molecule has 0 aliphatic carbocycles. The molecule has 1 aliphatic heterocycles. The van der Waals surface area contributed by atoms with Crippen LogP contribution in [0.2, 0.25) is 0 Å². The van der Waals surface area contributed by atoms with Crippen molar-refractivity contribution >= 4 is 45.1 Å². The van der Waals surface area contributed by atoms with E-state index in [-0.39, 0.29) is 10.4 Å². The molecule has 0 unspecified atom stereocenters. The molecule has 9 nitrogen and oxygen atoms in total. The van der Waals surface area contributed by atoms with Gasteiger partial charge in [0.25, 0.3) is 11.5 Å². The van der Waals surface area contributed by atoms with Gasteiger partial charge in [0.2, 0.25) is 0 Å². The Morgan fingerprint density at radius 3 is 2.68 bits per heavy atom. The van der Waals surface area contributed by atoms with Crippen molar-refractivity contribution in [2.75, 3.05) is 11.9 Å². The lowest BCUT2D eigenvalue weighted by molar-refractivity contribution is -0.123. The second-order valence-electron chi connectivity index (χ2n) is 8.41. The molecule has 178 valence electrons. The number of benzene rings is 1. The van der Waals surface area contributed by atoms with Gasteiger partial charge in [0.05, 0.1) is 5.39 Å². The molecule has 0 radical (unpaired) electrons. The number of imide groups is 1. The van der Waals surface area contributed by atoms with Crippen molar-refractivity contribution in [3.8, 4) is 0 Å². The molecule has 0 saturated heterocycles. The van der Waals surface area contributed by atoms with E-state index >= 15 is 0 Å². The molecule has 0 saturated carbocycles. The van der Waals surface area contributed by atoms with E-state index in [1.807, 2.05) is 19.9 Å². The first kappa shape index (κ1) is 23.6. The van der Waals surface area contributed by atoms with Gasteiger partial charge in [-0.05, 0) is 62.4 Å². The lowest BCUT2D eigenvalue weighted by Crippen LogP contribution is -2.37. The highest BCUT2D eigenvalue weighted by atomic mass is 32.1. The van der Waals surface area contributed by atoms with E-state index in [2.05, 4.69) is 15.6 Å². The Morgan fingerprint density at radius 1 is 1.12 bits per heavy atom. The molecule has 0 atom stereocenters. The number of aryl methyl sites for hydroxylation is 4. The SMILES string of the molecule is Cc1ccc(NC(=O)NC(=O)COC(=O)c2sc3nc4n(c(=O)c3c2C)CCCCC4)cc1C. The molecule has 10 heteroatoms. The number of amides is 3. The predicted molar refractivity (Wildman–Crippen MR) is 130 cm³/mol. The van der Waals surface area contributed by atoms with Crippen molar-refractivity contribution in [1.29, 1.82) is 0 Å². The van der Waals surface area contributed by atoms with Crippen LogP contribution in [0.1, 0.15) is 51.4 Å². The number of ether oxygens (including phenoxy) is 1. The summed E-state index contributed by atoms with van der Waals surface area (Å²) in [5.41, 5.74) is 2.98. The minimum Gasteiger partial charge on any atom is -0.451 e. The van der Waals surface area contributed by atoms with Gasteiger partial charge in [0.15, 0.2) is 6.61 Å². The van der Waals surface area contributed by atoms with E-state index in [0.717, 1.165) is 54.0 Å². The molecule has 1 aliphatic rings. The zero-order valence-electron chi connectivity index (χ0n) is 19.3. The van der Waals surface area contributed by atoms with Crippen LogP contribution in [0, 0.1) is 20.8 Å². The molecule has 2 aromatic heterocycles. The first-order valence-corrected chi connectivity index (χ1v) is 11.9. The van der Waals surface area contributed by atoms with E-state index in [4.69, 9.17) is 4.74 Å². The van der Waals surface area contributed by atoms with Gasteiger partial charge in [-0.25, -0.2) is 14.6 Å². The number of thiophene rings is 1. The van der Waals surface area contributed by atoms with Gasteiger partial charge in [-0.2, -0.15) is 0 Å². The minimum absolute atomic E-state index is 0.143. The third kappa shape index (κ3) is 4.86. The van der Waals surface area contributed by atoms with E-state index in [1.54, 1.807) is 23.6 Å². The Labute approximate surface area is 200 Å². The highest BCUT2D eigenvalue weighted by Crippen LogP contribution is 2.29. The van der Waals surface area contributed by atoms with Gasteiger partial charge in [0, 0.05) is 18.7 Å². The lowest BCUT2D eigenvalue weighted by Gasteiger charge is -2.09. The Hall–Kier alpha value is -3.53. The Bertz CT molecular complexity index is 1360. The topological polar surface area (TPSA) is 119 Å². The Balaban J connectivity index is 1.41. The van der Waals surface area contributed by atoms with Crippen LogP contribution in [0.5, 0.6) is 0 Å².